The SMILES string of the molecule is CCc1cc(CC2=CCC(=O)CC2)n(C)n1. The molecule has 0 N–H and O–H groups in total. The maximum Gasteiger partial charge on any atom is 0.136 e. The van der Waals surface area contributed by atoms with Crippen LogP contribution in [0.2, 0.25) is 0 Å². The molecule has 2 rings (SSSR count). The van der Waals surface area contributed by atoms with E-state index < -0.39 is 0 Å². The Morgan fingerprint density at radius 1 is 1.44 bits per heavy atom. The second-order valence-electron chi connectivity index (χ2n) is 4.39. The van der Waals surface area contributed by atoms with E-state index in [2.05, 4.69) is 24.2 Å². The summed E-state index contributed by atoms with van der Waals surface area (Å²) in [5, 5.41) is 4.43. The molecule has 1 aromatic heterocycles. The third-order valence-electron chi connectivity index (χ3n) is 3.14. The predicted octanol–water partition coefficient (Wildman–Crippen LogP) is 2.20. The van der Waals surface area contributed by atoms with Crippen molar-refractivity contribution in [3.05, 3.63) is 29.1 Å². The fourth-order valence-electron chi connectivity index (χ4n) is 2.07. The first-order valence-electron chi connectivity index (χ1n) is 5.90. The number of Topliss-reactive ketones (excluding diaryl/α,β-unsaturated/α-hetero) is 1. The minimum atomic E-state index is 0.364. The van der Waals surface area contributed by atoms with Crippen LogP contribution in [0.25, 0.3) is 0 Å². The van der Waals surface area contributed by atoms with Gasteiger partial charge in [0.25, 0.3) is 0 Å². The lowest BCUT2D eigenvalue weighted by atomic mass is 9.95. The molecule has 1 aliphatic rings. The third kappa shape index (κ3) is 2.40. The first kappa shape index (κ1) is 11.1. The number of aromatic nitrogens is 2. The molecule has 1 aromatic rings. The van der Waals surface area contributed by atoms with Crippen LogP contribution in [0.15, 0.2) is 17.7 Å². The van der Waals surface area contributed by atoms with Crippen LogP contribution in [0, 0.1) is 0 Å². The van der Waals surface area contributed by atoms with Gasteiger partial charge in [0, 0.05) is 32.0 Å². The number of rotatable bonds is 3. The van der Waals surface area contributed by atoms with Crippen LogP contribution in [0.3, 0.4) is 0 Å². The van der Waals surface area contributed by atoms with Gasteiger partial charge in [0.2, 0.25) is 0 Å². The molecule has 0 radical (unpaired) electrons. The molecular formula is C13H18N2O. The summed E-state index contributed by atoms with van der Waals surface area (Å²) >= 11 is 0. The predicted molar refractivity (Wildman–Crippen MR) is 63.2 cm³/mol. The fourth-order valence-corrected chi connectivity index (χ4v) is 2.07. The highest BCUT2D eigenvalue weighted by Crippen LogP contribution is 2.19. The number of hydrogen-bond acceptors (Lipinski definition) is 2. The summed E-state index contributed by atoms with van der Waals surface area (Å²) in [5.41, 5.74) is 3.77. The van der Waals surface area contributed by atoms with Crippen LogP contribution in [-0.2, 0) is 24.7 Å². The summed E-state index contributed by atoms with van der Waals surface area (Å²) < 4.78 is 1.95. The number of aryl methyl sites for hydroxylation is 2. The van der Waals surface area contributed by atoms with Crippen LogP contribution in [0.5, 0.6) is 0 Å². The lowest BCUT2D eigenvalue weighted by Crippen LogP contribution is -2.07. The third-order valence-corrected chi connectivity index (χ3v) is 3.14. The van der Waals surface area contributed by atoms with Gasteiger partial charge in [0.05, 0.1) is 5.69 Å². The molecule has 0 saturated heterocycles. The van der Waals surface area contributed by atoms with Crippen LogP contribution >= 0.6 is 0 Å². The van der Waals surface area contributed by atoms with Gasteiger partial charge in [0.1, 0.15) is 5.78 Å². The number of carbonyl (C=O) groups excluding carboxylic acids is 1. The van der Waals surface area contributed by atoms with Gasteiger partial charge in [-0.3, -0.25) is 9.48 Å². The number of hydrogen-bond donors (Lipinski definition) is 0. The molecule has 0 spiro atoms. The van der Waals surface area contributed by atoms with Gasteiger partial charge in [-0.1, -0.05) is 18.6 Å². The number of nitrogens with zero attached hydrogens (tertiary/aromatic N) is 2. The van der Waals surface area contributed by atoms with Gasteiger partial charge in [-0.15, -0.1) is 0 Å². The summed E-state index contributed by atoms with van der Waals surface area (Å²) in [6.45, 7) is 2.12. The first-order valence-corrected chi connectivity index (χ1v) is 5.90. The Morgan fingerprint density at radius 2 is 2.25 bits per heavy atom. The van der Waals surface area contributed by atoms with E-state index in [4.69, 9.17) is 0 Å². The molecule has 0 amide bonds. The summed E-state index contributed by atoms with van der Waals surface area (Å²) in [6.07, 6.45) is 6.26. The van der Waals surface area contributed by atoms with E-state index in [9.17, 15) is 4.79 Å². The molecule has 86 valence electrons. The molecule has 3 nitrogen and oxygen atoms in total. The highest BCUT2D eigenvalue weighted by atomic mass is 16.1. The summed E-state index contributed by atoms with van der Waals surface area (Å²) in [4.78, 5) is 11.1. The Morgan fingerprint density at radius 3 is 2.81 bits per heavy atom. The van der Waals surface area contributed by atoms with Gasteiger partial charge < -0.3 is 0 Å². The van der Waals surface area contributed by atoms with Gasteiger partial charge in [-0.25, -0.2) is 0 Å². The van der Waals surface area contributed by atoms with E-state index in [-0.39, 0.29) is 0 Å². The van der Waals surface area contributed by atoms with E-state index in [0.29, 0.717) is 18.6 Å². The normalized spacial score (nSPS) is 16.4. The Kier molecular flexibility index (Phi) is 3.22. The smallest absolute Gasteiger partial charge is 0.136 e. The molecule has 0 fully saturated rings. The van der Waals surface area contributed by atoms with Gasteiger partial charge in [-0.05, 0) is 18.9 Å². The van der Waals surface area contributed by atoms with Crippen molar-refractivity contribution in [3.63, 3.8) is 0 Å². The minimum absolute atomic E-state index is 0.364. The molecule has 0 bridgehead atoms. The van der Waals surface area contributed by atoms with Crippen molar-refractivity contribution >= 4 is 5.78 Å². The maximum absolute atomic E-state index is 11.1. The van der Waals surface area contributed by atoms with Crippen LogP contribution in [0.1, 0.15) is 37.6 Å². The highest BCUT2D eigenvalue weighted by Gasteiger charge is 2.12. The first-order chi connectivity index (χ1) is 7.69. The van der Waals surface area contributed by atoms with E-state index >= 15 is 0 Å². The molecule has 3 heteroatoms. The zero-order valence-electron chi connectivity index (χ0n) is 9.99. The van der Waals surface area contributed by atoms with Crippen LogP contribution in [0.4, 0.5) is 0 Å². The lowest BCUT2D eigenvalue weighted by molar-refractivity contribution is -0.118. The van der Waals surface area contributed by atoms with Gasteiger partial charge in [0.15, 0.2) is 0 Å². The van der Waals surface area contributed by atoms with E-state index in [1.54, 1.807) is 0 Å². The highest BCUT2D eigenvalue weighted by molar-refractivity contribution is 5.81. The van der Waals surface area contributed by atoms with Crippen molar-refractivity contribution in [2.45, 2.75) is 39.0 Å². The van der Waals surface area contributed by atoms with Crippen molar-refractivity contribution in [1.82, 2.24) is 9.78 Å². The fraction of sp³-hybridized carbons (Fsp3) is 0.538. The molecule has 1 aliphatic carbocycles. The Hall–Kier alpha value is -1.38. The van der Waals surface area contributed by atoms with E-state index in [0.717, 1.165) is 25.0 Å². The van der Waals surface area contributed by atoms with Crippen molar-refractivity contribution < 1.29 is 4.79 Å². The number of carbonyl (C=O) groups is 1. The summed E-state index contributed by atoms with van der Waals surface area (Å²) in [7, 11) is 1.99. The zero-order chi connectivity index (χ0) is 11.5. The van der Waals surface area contributed by atoms with Crippen molar-refractivity contribution in [1.29, 1.82) is 0 Å². The minimum Gasteiger partial charge on any atom is -0.299 e. The lowest BCUT2D eigenvalue weighted by Gasteiger charge is -2.11. The Balaban J connectivity index is 2.08. The largest absolute Gasteiger partial charge is 0.299 e. The number of allylic oxidation sites excluding steroid dienone is 2. The molecule has 16 heavy (non-hydrogen) atoms. The Labute approximate surface area is 96.2 Å². The van der Waals surface area contributed by atoms with E-state index in [1.807, 2.05) is 11.7 Å². The molecule has 0 atom stereocenters. The molecule has 0 aliphatic heterocycles. The number of ketones is 1. The molecular weight excluding hydrogens is 200 g/mol. The standard InChI is InChI=1S/C13H18N2O/c1-3-11-9-12(15(2)14-11)8-10-4-6-13(16)7-5-10/h4,9H,3,5-8H2,1-2H3. The summed E-state index contributed by atoms with van der Waals surface area (Å²) in [5.74, 6) is 0.364. The average molecular weight is 218 g/mol. The second kappa shape index (κ2) is 4.64. The second-order valence-corrected chi connectivity index (χ2v) is 4.39. The van der Waals surface area contributed by atoms with Crippen molar-refractivity contribution in [3.8, 4) is 0 Å². The molecule has 0 aromatic carbocycles. The quantitative estimate of drug-likeness (QED) is 0.729. The van der Waals surface area contributed by atoms with Gasteiger partial charge in [-0.2, -0.15) is 5.10 Å². The van der Waals surface area contributed by atoms with E-state index in [1.165, 1.54) is 11.3 Å². The maximum atomic E-state index is 11.1. The molecule has 0 saturated carbocycles. The topological polar surface area (TPSA) is 34.9 Å². The average Bonchev–Trinajstić information content (AvgIpc) is 2.63. The molecule has 1 heterocycles. The van der Waals surface area contributed by atoms with Crippen molar-refractivity contribution in [2.24, 2.45) is 7.05 Å². The van der Waals surface area contributed by atoms with Gasteiger partial charge >= 0.3 is 0 Å². The van der Waals surface area contributed by atoms with Crippen LogP contribution < -0.4 is 0 Å². The summed E-state index contributed by atoms with van der Waals surface area (Å²) in [6, 6.07) is 2.16. The molecule has 0 unspecified atom stereocenters. The Bertz CT molecular complexity index is 429. The zero-order valence-corrected chi connectivity index (χ0v) is 9.99. The van der Waals surface area contributed by atoms with Crippen molar-refractivity contribution in [2.75, 3.05) is 0 Å². The monoisotopic (exact) mass is 218 g/mol. The van der Waals surface area contributed by atoms with Crippen LogP contribution in [-0.4, -0.2) is 15.6 Å².